The van der Waals surface area contributed by atoms with Gasteiger partial charge in [0.15, 0.2) is 17.5 Å². The van der Waals surface area contributed by atoms with Gasteiger partial charge in [-0.1, -0.05) is 6.92 Å². The maximum Gasteiger partial charge on any atom is 0.191 e. The number of nitrogens with two attached hydrogens (primary N) is 1. The van der Waals surface area contributed by atoms with Crippen LogP contribution in [0.3, 0.4) is 0 Å². The molecule has 1 aromatic rings. The van der Waals surface area contributed by atoms with E-state index in [0.29, 0.717) is 35.7 Å². The number of piperidine rings is 1. The second-order valence-corrected chi connectivity index (χ2v) is 5.89. The average molecular weight is 449 g/mol. The predicted octanol–water partition coefficient (Wildman–Crippen LogP) is 2.88. The van der Waals surface area contributed by atoms with Crippen molar-refractivity contribution in [1.82, 2.24) is 4.90 Å². The summed E-state index contributed by atoms with van der Waals surface area (Å²) >= 11 is 0. The average Bonchev–Trinajstić information content (AvgIpc) is 2.58. The van der Waals surface area contributed by atoms with Crippen molar-refractivity contribution >= 4 is 29.9 Å². The minimum atomic E-state index is 0. The van der Waals surface area contributed by atoms with Crippen molar-refractivity contribution in [2.45, 2.75) is 26.3 Å². The smallest absolute Gasteiger partial charge is 0.191 e. The Bertz CT molecular complexity index is 566. The van der Waals surface area contributed by atoms with Gasteiger partial charge in [0, 0.05) is 24.7 Å². The Morgan fingerprint density at radius 1 is 1.17 bits per heavy atom. The molecule has 24 heavy (non-hydrogen) atoms. The Morgan fingerprint density at radius 3 is 2.38 bits per heavy atom. The van der Waals surface area contributed by atoms with Crippen LogP contribution in [-0.2, 0) is 6.54 Å². The summed E-state index contributed by atoms with van der Waals surface area (Å²) in [5.41, 5.74) is 7.07. The highest BCUT2D eigenvalue weighted by molar-refractivity contribution is 14.0. The molecule has 1 atom stereocenters. The van der Waals surface area contributed by atoms with E-state index in [1.807, 2.05) is 12.1 Å². The number of hydrogen-bond acceptors (Lipinski definition) is 4. The van der Waals surface area contributed by atoms with Gasteiger partial charge in [-0.2, -0.15) is 0 Å². The molecule has 6 nitrogen and oxygen atoms in total. The van der Waals surface area contributed by atoms with Crippen LogP contribution in [0.2, 0.25) is 0 Å². The molecule has 0 amide bonds. The molecule has 2 rings (SSSR count). The number of nitrogens with zero attached hydrogens (tertiary/aromatic N) is 2. The molecule has 1 unspecified atom stereocenters. The van der Waals surface area contributed by atoms with Gasteiger partial charge < -0.3 is 24.8 Å². The fourth-order valence-electron chi connectivity index (χ4n) is 2.88. The van der Waals surface area contributed by atoms with Crippen LogP contribution in [0.5, 0.6) is 17.2 Å². The van der Waals surface area contributed by atoms with Gasteiger partial charge in [-0.05, 0) is 24.8 Å². The molecule has 1 aliphatic heterocycles. The monoisotopic (exact) mass is 449 g/mol. The maximum absolute atomic E-state index is 6.16. The molecular weight excluding hydrogens is 421 g/mol. The second-order valence-electron chi connectivity index (χ2n) is 5.89. The molecule has 1 saturated heterocycles. The number of rotatable bonds is 5. The zero-order valence-corrected chi connectivity index (χ0v) is 17.2. The van der Waals surface area contributed by atoms with Gasteiger partial charge in [-0.15, -0.1) is 24.0 Å². The van der Waals surface area contributed by atoms with Crippen molar-refractivity contribution in [1.29, 1.82) is 0 Å². The Kier molecular flexibility index (Phi) is 8.44. The third-order valence-electron chi connectivity index (χ3n) is 4.18. The van der Waals surface area contributed by atoms with Crippen LogP contribution >= 0.6 is 24.0 Å². The van der Waals surface area contributed by atoms with E-state index in [4.69, 9.17) is 19.9 Å². The van der Waals surface area contributed by atoms with E-state index in [-0.39, 0.29) is 24.0 Å². The number of likely N-dealkylation sites (tertiary alicyclic amines) is 1. The van der Waals surface area contributed by atoms with E-state index in [1.54, 1.807) is 21.3 Å². The van der Waals surface area contributed by atoms with Crippen LogP contribution in [0.15, 0.2) is 17.1 Å². The van der Waals surface area contributed by atoms with Gasteiger partial charge in [0.05, 0.1) is 27.9 Å². The van der Waals surface area contributed by atoms with Gasteiger partial charge in [0.1, 0.15) is 5.75 Å². The number of aliphatic imine (C=N–C) groups is 1. The van der Waals surface area contributed by atoms with E-state index >= 15 is 0 Å². The van der Waals surface area contributed by atoms with E-state index in [1.165, 1.54) is 6.42 Å². The fourth-order valence-corrected chi connectivity index (χ4v) is 2.88. The molecule has 136 valence electrons. The summed E-state index contributed by atoms with van der Waals surface area (Å²) in [4.78, 5) is 6.69. The molecule has 2 N–H and O–H groups in total. The van der Waals surface area contributed by atoms with Crippen LogP contribution in [-0.4, -0.2) is 45.3 Å². The highest BCUT2D eigenvalue weighted by Crippen LogP contribution is 2.34. The molecular formula is C17H28IN3O3. The van der Waals surface area contributed by atoms with Gasteiger partial charge in [-0.25, -0.2) is 4.99 Å². The molecule has 7 heteroatoms. The molecule has 0 bridgehead atoms. The Hall–Kier alpha value is -1.38. The van der Waals surface area contributed by atoms with Crippen LogP contribution < -0.4 is 19.9 Å². The molecule has 0 saturated carbocycles. The van der Waals surface area contributed by atoms with Gasteiger partial charge in [-0.3, -0.25) is 0 Å². The lowest BCUT2D eigenvalue weighted by Gasteiger charge is -2.31. The topological polar surface area (TPSA) is 69.3 Å². The zero-order valence-electron chi connectivity index (χ0n) is 14.9. The van der Waals surface area contributed by atoms with Crippen LogP contribution in [0.25, 0.3) is 0 Å². The normalized spacial score (nSPS) is 17.9. The van der Waals surface area contributed by atoms with E-state index in [9.17, 15) is 0 Å². The number of guanidine groups is 1. The van der Waals surface area contributed by atoms with Crippen molar-refractivity contribution in [3.63, 3.8) is 0 Å². The quantitative estimate of drug-likeness (QED) is 0.426. The zero-order chi connectivity index (χ0) is 16.8. The summed E-state index contributed by atoms with van der Waals surface area (Å²) in [6.07, 6.45) is 2.42. The molecule has 1 aromatic carbocycles. The van der Waals surface area contributed by atoms with Crippen molar-refractivity contribution in [2.75, 3.05) is 34.4 Å². The predicted molar refractivity (Wildman–Crippen MR) is 107 cm³/mol. The molecule has 0 radical (unpaired) electrons. The minimum Gasteiger partial charge on any atom is -0.496 e. The first-order valence-corrected chi connectivity index (χ1v) is 7.92. The van der Waals surface area contributed by atoms with Crippen molar-refractivity contribution < 1.29 is 14.2 Å². The van der Waals surface area contributed by atoms with Gasteiger partial charge >= 0.3 is 0 Å². The minimum absolute atomic E-state index is 0. The first-order chi connectivity index (χ1) is 11.1. The Labute approximate surface area is 161 Å². The van der Waals surface area contributed by atoms with Crippen molar-refractivity contribution in [3.8, 4) is 17.2 Å². The van der Waals surface area contributed by atoms with Crippen LogP contribution in [0.4, 0.5) is 0 Å². The number of hydrogen-bond donors (Lipinski definition) is 1. The summed E-state index contributed by atoms with van der Waals surface area (Å²) < 4.78 is 16.1. The number of halogens is 1. The summed E-state index contributed by atoms with van der Waals surface area (Å²) in [6, 6.07) is 3.69. The highest BCUT2D eigenvalue weighted by atomic mass is 127. The molecule has 1 heterocycles. The molecule has 1 aliphatic rings. The molecule has 0 aromatic heterocycles. The molecule has 0 aliphatic carbocycles. The summed E-state index contributed by atoms with van der Waals surface area (Å²) in [7, 11) is 4.84. The van der Waals surface area contributed by atoms with Crippen molar-refractivity contribution in [3.05, 3.63) is 17.7 Å². The third kappa shape index (κ3) is 5.06. The third-order valence-corrected chi connectivity index (χ3v) is 4.18. The first kappa shape index (κ1) is 20.7. The number of methoxy groups -OCH3 is 3. The largest absolute Gasteiger partial charge is 0.496 e. The van der Waals surface area contributed by atoms with Crippen molar-refractivity contribution in [2.24, 2.45) is 16.6 Å². The standard InChI is InChI=1S/C17H27N3O3.HI/c1-12-6-5-7-20(11-12)17(18)19-10-13-8-15(22-3)16(23-4)9-14(13)21-2;/h8-9,12H,5-7,10-11H2,1-4H3,(H2,18,19);1H. The van der Waals surface area contributed by atoms with E-state index in [0.717, 1.165) is 25.1 Å². The first-order valence-electron chi connectivity index (χ1n) is 7.92. The Morgan fingerprint density at radius 2 is 1.79 bits per heavy atom. The Balaban J connectivity index is 0.00000288. The summed E-state index contributed by atoms with van der Waals surface area (Å²) in [6.45, 7) is 4.64. The SMILES string of the molecule is COc1cc(OC)c(OC)cc1CN=C(N)N1CCCC(C)C1.I. The van der Waals surface area contributed by atoms with E-state index < -0.39 is 0 Å². The van der Waals surface area contributed by atoms with Crippen LogP contribution in [0, 0.1) is 5.92 Å². The molecule has 1 fully saturated rings. The molecule has 0 spiro atoms. The number of benzene rings is 1. The van der Waals surface area contributed by atoms with Gasteiger partial charge in [0.2, 0.25) is 0 Å². The highest BCUT2D eigenvalue weighted by Gasteiger charge is 2.18. The lowest BCUT2D eigenvalue weighted by Crippen LogP contribution is -2.43. The fraction of sp³-hybridized carbons (Fsp3) is 0.588. The van der Waals surface area contributed by atoms with Gasteiger partial charge in [0.25, 0.3) is 0 Å². The van der Waals surface area contributed by atoms with E-state index in [2.05, 4.69) is 16.8 Å². The summed E-state index contributed by atoms with van der Waals surface area (Å²) in [5, 5.41) is 0. The summed E-state index contributed by atoms with van der Waals surface area (Å²) in [5.74, 6) is 3.26. The second kappa shape index (κ2) is 9.80. The lowest BCUT2D eigenvalue weighted by molar-refractivity contribution is 0.270. The number of ether oxygens (including phenoxy) is 3. The van der Waals surface area contributed by atoms with Crippen LogP contribution in [0.1, 0.15) is 25.3 Å². The maximum atomic E-state index is 6.16. The lowest BCUT2D eigenvalue weighted by atomic mass is 10.0.